The van der Waals surface area contributed by atoms with Gasteiger partial charge in [-0.15, -0.1) is 0 Å². The van der Waals surface area contributed by atoms with Gasteiger partial charge in [0, 0.05) is 6.04 Å². The summed E-state index contributed by atoms with van der Waals surface area (Å²) in [6.07, 6.45) is 4.75. The maximum absolute atomic E-state index is 3.44. The van der Waals surface area contributed by atoms with Crippen LogP contribution in [0.1, 0.15) is 26.7 Å². The third-order valence-electron chi connectivity index (χ3n) is 1.74. The zero-order chi connectivity index (χ0) is 6.69. The van der Waals surface area contributed by atoms with E-state index in [9.17, 15) is 0 Å². The van der Waals surface area contributed by atoms with Crippen molar-refractivity contribution >= 4 is 0 Å². The second kappa shape index (κ2) is 3.02. The lowest BCUT2D eigenvalue weighted by Crippen LogP contribution is -2.16. The fourth-order valence-corrected chi connectivity index (χ4v) is 1.02. The standard InChI is InChI=1S/C8H15N/c1-3-5-9-8-6-7(8)4-2/h4,8-9H,3,5-6H2,1-2H3/b7-4+. The second-order valence-corrected chi connectivity index (χ2v) is 2.57. The van der Waals surface area contributed by atoms with Gasteiger partial charge in [0.1, 0.15) is 0 Å². The number of nitrogens with one attached hydrogen (secondary N) is 1. The first kappa shape index (κ1) is 6.81. The molecule has 1 fully saturated rings. The summed E-state index contributed by atoms with van der Waals surface area (Å²) in [7, 11) is 0. The molecule has 1 rings (SSSR count). The summed E-state index contributed by atoms with van der Waals surface area (Å²) in [5.41, 5.74) is 1.59. The van der Waals surface area contributed by atoms with Crippen molar-refractivity contribution in [3.8, 4) is 0 Å². The van der Waals surface area contributed by atoms with Crippen LogP contribution >= 0.6 is 0 Å². The molecule has 1 N–H and O–H groups in total. The van der Waals surface area contributed by atoms with Gasteiger partial charge in [0.25, 0.3) is 0 Å². The van der Waals surface area contributed by atoms with Crippen LogP contribution in [0, 0.1) is 0 Å². The van der Waals surface area contributed by atoms with Gasteiger partial charge in [0.15, 0.2) is 0 Å². The number of hydrogen-bond donors (Lipinski definition) is 1. The van der Waals surface area contributed by atoms with E-state index >= 15 is 0 Å². The topological polar surface area (TPSA) is 12.0 Å². The average molecular weight is 125 g/mol. The largest absolute Gasteiger partial charge is 0.310 e. The van der Waals surface area contributed by atoms with Gasteiger partial charge in [-0.1, -0.05) is 18.6 Å². The van der Waals surface area contributed by atoms with Gasteiger partial charge >= 0.3 is 0 Å². The summed E-state index contributed by atoms with van der Waals surface area (Å²) in [5.74, 6) is 0. The molecule has 1 nitrogen and oxygen atoms in total. The Morgan fingerprint density at radius 1 is 1.78 bits per heavy atom. The van der Waals surface area contributed by atoms with E-state index < -0.39 is 0 Å². The summed E-state index contributed by atoms with van der Waals surface area (Å²) in [4.78, 5) is 0. The van der Waals surface area contributed by atoms with Crippen LogP contribution in [0.25, 0.3) is 0 Å². The summed E-state index contributed by atoms with van der Waals surface area (Å²) >= 11 is 0. The predicted molar refractivity (Wildman–Crippen MR) is 40.5 cm³/mol. The Kier molecular flexibility index (Phi) is 2.29. The zero-order valence-corrected chi connectivity index (χ0v) is 6.28. The molecule has 1 aliphatic rings. The molecule has 0 amide bonds. The molecule has 0 heterocycles. The Morgan fingerprint density at radius 3 is 3.00 bits per heavy atom. The highest BCUT2D eigenvalue weighted by atomic mass is 14.9. The van der Waals surface area contributed by atoms with E-state index in [1.54, 1.807) is 5.57 Å². The van der Waals surface area contributed by atoms with Gasteiger partial charge in [-0.3, -0.25) is 0 Å². The average Bonchev–Trinajstić information content (AvgIpc) is 2.62. The lowest BCUT2D eigenvalue weighted by atomic mass is 10.4. The molecule has 0 radical (unpaired) electrons. The van der Waals surface area contributed by atoms with Gasteiger partial charge in [-0.25, -0.2) is 0 Å². The molecule has 0 aromatic carbocycles. The van der Waals surface area contributed by atoms with Gasteiger partial charge in [-0.2, -0.15) is 0 Å². The molecule has 0 aromatic heterocycles. The Labute approximate surface area is 57.1 Å². The minimum Gasteiger partial charge on any atom is -0.310 e. The van der Waals surface area contributed by atoms with Crippen LogP contribution in [-0.4, -0.2) is 12.6 Å². The third-order valence-corrected chi connectivity index (χ3v) is 1.74. The Bertz CT molecular complexity index is 116. The van der Waals surface area contributed by atoms with Crippen LogP contribution < -0.4 is 5.32 Å². The van der Waals surface area contributed by atoms with Crippen LogP contribution in [0.2, 0.25) is 0 Å². The predicted octanol–water partition coefficient (Wildman–Crippen LogP) is 1.70. The van der Waals surface area contributed by atoms with E-state index in [1.165, 1.54) is 19.4 Å². The quantitative estimate of drug-likeness (QED) is 0.566. The second-order valence-electron chi connectivity index (χ2n) is 2.57. The van der Waals surface area contributed by atoms with Gasteiger partial charge in [0.05, 0.1) is 0 Å². The normalized spacial score (nSPS) is 29.1. The van der Waals surface area contributed by atoms with E-state index in [0.29, 0.717) is 0 Å². The molecule has 0 saturated heterocycles. The smallest absolute Gasteiger partial charge is 0.0317 e. The van der Waals surface area contributed by atoms with Crippen molar-refractivity contribution in [1.29, 1.82) is 0 Å². The van der Waals surface area contributed by atoms with Crippen molar-refractivity contribution in [2.45, 2.75) is 32.7 Å². The molecule has 0 aromatic rings. The lowest BCUT2D eigenvalue weighted by molar-refractivity contribution is 0.682. The molecule has 0 aliphatic heterocycles. The molecule has 9 heavy (non-hydrogen) atoms. The summed E-state index contributed by atoms with van der Waals surface area (Å²) in [6, 6.07) is 0.745. The van der Waals surface area contributed by atoms with Crippen molar-refractivity contribution in [3.05, 3.63) is 11.6 Å². The van der Waals surface area contributed by atoms with Gasteiger partial charge in [0.2, 0.25) is 0 Å². The van der Waals surface area contributed by atoms with Crippen molar-refractivity contribution in [1.82, 2.24) is 5.32 Å². The Morgan fingerprint density at radius 2 is 2.56 bits per heavy atom. The first-order valence-electron chi connectivity index (χ1n) is 3.77. The van der Waals surface area contributed by atoms with Crippen LogP contribution in [0.4, 0.5) is 0 Å². The Balaban J connectivity index is 2.05. The molecular weight excluding hydrogens is 110 g/mol. The molecule has 0 bridgehead atoms. The summed E-state index contributed by atoms with van der Waals surface area (Å²) in [5, 5.41) is 3.44. The Hall–Kier alpha value is -0.300. The van der Waals surface area contributed by atoms with E-state index in [1.807, 2.05) is 0 Å². The summed E-state index contributed by atoms with van der Waals surface area (Å²) < 4.78 is 0. The first-order valence-corrected chi connectivity index (χ1v) is 3.77. The van der Waals surface area contributed by atoms with Crippen molar-refractivity contribution in [2.24, 2.45) is 0 Å². The molecule has 1 aliphatic carbocycles. The molecule has 52 valence electrons. The maximum Gasteiger partial charge on any atom is 0.0317 e. The first-order chi connectivity index (χ1) is 4.38. The number of hydrogen-bond acceptors (Lipinski definition) is 1. The highest BCUT2D eigenvalue weighted by molar-refractivity contribution is 5.27. The van der Waals surface area contributed by atoms with Gasteiger partial charge in [-0.05, 0) is 26.3 Å². The van der Waals surface area contributed by atoms with Crippen molar-refractivity contribution in [3.63, 3.8) is 0 Å². The van der Waals surface area contributed by atoms with E-state index in [2.05, 4.69) is 25.2 Å². The van der Waals surface area contributed by atoms with Crippen LogP contribution in [0.5, 0.6) is 0 Å². The fraction of sp³-hybridized carbons (Fsp3) is 0.750. The van der Waals surface area contributed by atoms with Gasteiger partial charge < -0.3 is 5.32 Å². The minimum absolute atomic E-state index is 0.745. The molecule has 0 spiro atoms. The van der Waals surface area contributed by atoms with Crippen LogP contribution in [0.15, 0.2) is 11.6 Å². The fourth-order valence-electron chi connectivity index (χ4n) is 1.02. The van der Waals surface area contributed by atoms with Crippen molar-refractivity contribution in [2.75, 3.05) is 6.54 Å². The molecule has 1 atom stereocenters. The maximum atomic E-state index is 3.44. The lowest BCUT2D eigenvalue weighted by Gasteiger charge is -1.95. The van der Waals surface area contributed by atoms with Crippen molar-refractivity contribution < 1.29 is 0 Å². The molecule has 1 unspecified atom stereocenters. The monoisotopic (exact) mass is 125 g/mol. The SMILES string of the molecule is C/C=C1\CC1NCCC. The van der Waals surface area contributed by atoms with Crippen LogP contribution in [0.3, 0.4) is 0 Å². The highest BCUT2D eigenvalue weighted by Crippen LogP contribution is 2.28. The number of allylic oxidation sites excluding steroid dienone is 1. The molecule has 1 heteroatoms. The highest BCUT2D eigenvalue weighted by Gasteiger charge is 2.26. The van der Waals surface area contributed by atoms with Crippen LogP contribution in [-0.2, 0) is 0 Å². The summed E-state index contributed by atoms with van der Waals surface area (Å²) in [6.45, 7) is 5.48. The number of rotatable bonds is 3. The minimum atomic E-state index is 0.745. The van der Waals surface area contributed by atoms with E-state index in [4.69, 9.17) is 0 Å². The zero-order valence-electron chi connectivity index (χ0n) is 6.28. The van der Waals surface area contributed by atoms with E-state index in [-0.39, 0.29) is 0 Å². The molecule has 1 saturated carbocycles. The molecular formula is C8H15N. The van der Waals surface area contributed by atoms with E-state index in [0.717, 1.165) is 6.04 Å². The third kappa shape index (κ3) is 1.83.